The third-order valence-corrected chi connectivity index (χ3v) is 5.99. The SMILES string of the molecule is O=C(CCC(=O)c1ccc2ccccc2c1)NCC1CN(c2ccc(-c3ncn[nH]3)c(F)c2)C(=O)O1. The van der Waals surface area contributed by atoms with Crippen molar-refractivity contribution in [2.24, 2.45) is 0 Å². The Morgan fingerprint density at radius 1 is 1.08 bits per heavy atom. The van der Waals surface area contributed by atoms with Gasteiger partial charge >= 0.3 is 6.09 Å². The van der Waals surface area contributed by atoms with Gasteiger partial charge in [-0.1, -0.05) is 36.4 Å². The van der Waals surface area contributed by atoms with Crippen LogP contribution in [0.25, 0.3) is 22.2 Å². The Kier molecular flexibility index (Phi) is 6.40. The number of carbonyl (C=O) groups excluding carboxylic acids is 3. The number of anilines is 1. The molecule has 3 aromatic carbocycles. The van der Waals surface area contributed by atoms with E-state index in [4.69, 9.17) is 4.74 Å². The molecule has 1 aliphatic rings. The summed E-state index contributed by atoms with van der Waals surface area (Å²) in [6, 6.07) is 17.5. The van der Waals surface area contributed by atoms with Crippen molar-refractivity contribution < 1.29 is 23.5 Å². The second kappa shape index (κ2) is 9.95. The van der Waals surface area contributed by atoms with E-state index in [1.54, 1.807) is 12.1 Å². The Bertz CT molecular complexity index is 1440. The van der Waals surface area contributed by atoms with Gasteiger partial charge in [-0.15, -0.1) is 0 Å². The number of carbonyl (C=O) groups is 3. The average molecular weight is 487 g/mol. The Balaban J connectivity index is 1.12. The zero-order valence-electron chi connectivity index (χ0n) is 19.1. The molecule has 9 nitrogen and oxygen atoms in total. The van der Waals surface area contributed by atoms with Crippen LogP contribution in [0, 0.1) is 5.82 Å². The summed E-state index contributed by atoms with van der Waals surface area (Å²) in [5.41, 5.74) is 1.12. The van der Waals surface area contributed by atoms with Gasteiger partial charge in [0.05, 0.1) is 24.3 Å². The minimum Gasteiger partial charge on any atom is -0.442 e. The highest BCUT2D eigenvalue weighted by molar-refractivity contribution is 6.01. The van der Waals surface area contributed by atoms with Gasteiger partial charge in [0.15, 0.2) is 11.6 Å². The molecule has 0 radical (unpaired) electrons. The lowest BCUT2D eigenvalue weighted by Gasteiger charge is -2.14. The molecule has 0 aliphatic carbocycles. The van der Waals surface area contributed by atoms with E-state index >= 15 is 0 Å². The molecule has 1 aliphatic heterocycles. The molecule has 1 saturated heterocycles. The quantitative estimate of drug-likeness (QED) is 0.365. The van der Waals surface area contributed by atoms with Crippen LogP contribution in [-0.2, 0) is 9.53 Å². The maximum atomic E-state index is 14.5. The Morgan fingerprint density at radius 3 is 2.69 bits per heavy atom. The van der Waals surface area contributed by atoms with Crippen LogP contribution < -0.4 is 10.2 Å². The van der Waals surface area contributed by atoms with E-state index in [9.17, 15) is 18.8 Å². The van der Waals surface area contributed by atoms with Gasteiger partial charge < -0.3 is 10.1 Å². The normalized spacial score (nSPS) is 15.2. The molecule has 36 heavy (non-hydrogen) atoms. The van der Waals surface area contributed by atoms with Crippen molar-refractivity contribution in [3.8, 4) is 11.4 Å². The van der Waals surface area contributed by atoms with Crippen molar-refractivity contribution in [1.82, 2.24) is 20.5 Å². The highest BCUT2D eigenvalue weighted by atomic mass is 19.1. The Morgan fingerprint density at radius 2 is 1.92 bits per heavy atom. The van der Waals surface area contributed by atoms with E-state index in [-0.39, 0.29) is 49.0 Å². The zero-order valence-corrected chi connectivity index (χ0v) is 19.1. The summed E-state index contributed by atoms with van der Waals surface area (Å²) in [7, 11) is 0. The molecule has 1 fully saturated rings. The van der Waals surface area contributed by atoms with Crippen LogP contribution in [0.15, 0.2) is 67.0 Å². The summed E-state index contributed by atoms with van der Waals surface area (Å²) in [4.78, 5) is 42.4. The molecule has 182 valence electrons. The summed E-state index contributed by atoms with van der Waals surface area (Å²) in [6.45, 7) is 0.236. The molecule has 5 rings (SSSR count). The fraction of sp³-hybridized carbons (Fsp3) is 0.192. The summed E-state index contributed by atoms with van der Waals surface area (Å²) in [6.07, 6.45) is 0.128. The molecule has 2 heterocycles. The fourth-order valence-corrected chi connectivity index (χ4v) is 4.09. The highest BCUT2D eigenvalue weighted by Gasteiger charge is 2.33. The lowest BCUT2D eigenvalue weighted by atomic mass is 10.0. The molecule has 0 spiro atoms. The number of cyclic esters (lactones) is 1. The second-order valence-corrected chi connectivity index (χ2v) is 8.40. The summed E-state index contributed by atoms with van der Waals surface area (Å²) in [5.74, 6) is -0.723. The number of benzene rings is 3. The maximum absolute atomic E-state index is 14.5. The smallest absolute Gasteiger partial charge is 0.414 e. The molecular weight excluding hydrogens is 465 g/mol. The van der Waals surface area contributed by atoms with Crippen LogP contribution in [0.5, 0.6) is 0 Å². The van der Waals surface area contributed by atoms with E-state index in [0.717, 1.165) is 10.8 Å². The maximum Gasteiger partial charge on any atom is 0.414 e. The van der Waals surface area contributed by atoms with Crippen LogP contribution in [0.4, 0.5) is 14.9 Å². The van der Waals surface area contributed by atoms with Gasteiger partial charge in [0, 0.05) is 18.4 Å². The third kappa shape index (κ3) is 4.92. The van der Waals surface area contributed by atoms with Gasteiger partial charge in [0.2, 0.25) is 5.91 Å². The molecule has 1 atom stereocenters. The number of rotatable bonds is 8. The minimum atomic E-state index is -0.632. The number of fused-ring (bicyclic) bond motifs is 1. The van der Waals surface area contributed by atoms with Gasteiger partial charge in [-0.2, -0.15) is 5.10 Å². The monoisotopic (exact) mass is 487 g/mol. The molecule has 10 heteroatoms. The number of H-pyrrole nitrogens is 1. The Labute approximate surface area is 205 Å². The molecule has 2 amide bonds. The predicted octanol–water partition coefficient (Wildman–Crippen LogP) is 3.87. The van der Waals surface area contributed by atoms with E-state index in [2.05, 4.69) is 20.5 Å². The van der Waals surface area contributed by atoms with Gasteiger partial charge in [-0.05, 0) is 35.0 Å². The highest BCUT2D eigenvalue weighted by Crippen LogP contribution is 2.27. The van der Waals surface area contributed by atoms with Gasteiger partial charge in [-0.3, -0.25) is 19.6 Å². The minimum absolute atomic E-state index is 0.0182. The van der Waals surface area contributed by atoms with Gasteiger partial charge in [0.1, 0.15) is 18.2 Å². The van der Waals surface area contributed by atoms with Crippen molar-refractivity contribution in [2.45, 2.75) is 18.9 Å². The zero-order chi connectivity index (χ0) is 25.1. The van der Waals surface area contributed by atoms with Crippen molar-refractivity contribution in [1.29, 1.82) is 0 Å². The van der Waals surface area contributed by atoms with Crippen LogP contribution in [0.1, 0.15) is 23.2 Å². The van der Waals surface area contributed by atoms with Crippen molar-refractivity contribution in [2.75, 3.05) is 18.0 Å². The summed E-state index contributed by atoms with van der Waals surface area (Å²) >= 11 is 0. The van der Waals surface area contributed by atoms with E-state index < -0.39 is 18.0 Å². The van der Waals surface area contributed by atoms with Gasteiger partial charge in [-0.25, -0.2) is 14.2 Å². The number of Topliss-reactive ketones (excluding diaryl/α,β-unsaturated/α-hetero) is 1. The van der Waals surface area contributed by atoms with E-state index in [1.807, 2.05) is 36.4 Å². The molecule has 2 N–H and O–H groups in total. The third-order valence-electron chi connectivity index (χ3n) is 5.99. The molecule has 4 aromatic rings. The van der Waals surface area contributed by atoms with Crippen molar-refractivity contribution in [3.63, 3.8) is 0 Å². The van der Waals surface area contributed by atoms with Crippen molar-refractivity contribution in [3.05, 3.63) is 78.4 Å². The number of ketones is 1. The molecule has 0 bridgehead atoms. The predicted molar refractivity (Wildman–Crippen MR) is 130 cm³/mol. The first-order chi connectivity index (χ1) is 17.5. The molecule has 1 aromatic heterocycles. The lowest BCUT2D eigenvalue weighted by molar-refractivity contribution is -0.121. The average Bonchev–Trinajstić information content (AvgIpc) is 3.55. The van der Waals surface area contributed by atoms with E-state index in [1.165, 1.54) is 23.4 Å². The van der Waals surface area contributed by atoms with Crippen molar-refractivity contribution >= 4 is 34.2 Å². The first-order valence-electron chi connectivity index (χ1n) is 11.4. The number of hydrogen-bond donors (Lipinski definition) is 2. The lowest BCUT2D eigenvalue weighted by Crippen LogP contribution is -2.34. The number of amides is 2. The van der Waals surface area contributed by atoms with Gasteiger partial charge in [0.25, 0.3) is 0 Å². The van der Waals surface area contributed by atoms with Crippen LogP contribution >= 0.6 is 0 Å². The number of halogens is 1. The topological polar surface area (TPSA) is 117 Å². The molecule has 1 unspecified atom stereocenters. The number of aromatic nitrogens is 3. The second-order valence-electron chi connectivity index (χ2n) is 8.40. The number of nitrogens with one attached hydrogen (secondary N) is 2. The number of ether oxygens (including phenoxy) is 1. The van der Waals surface area contributed by atoms with Crippen LogP contribution in [0.3, 0.4) is 0 Å². The van der Waals surface area contributed by atoms with Crippen LogP contribution in [-0.4, -0.2) is 52.2 Å². The largest absolute Gasteiger partial charge is 0.442 e. The standard InChI is InChI=1S/C26H22FN5O4/c27-22-12-19(7-8-21(22)25-29-15-30-31-25)32-14-20(36-26(32)35)13-28-24(34)10-9-23(33)18-6-5-16-3-1-2-4-17(16)11-18/h1-8,11-12,15,20H,9-10,13-14H2,(H,28,34)(H,29,30,31). The van der Waals surface area contributed by atoms with E-state index in [0.29, 0.717) is 11.3 Å². The number of aromatic amines is 1. The fourth-order valence-electron chi connectivity index (χ4n) is 4.09. The first kappa shape index (κ1) is 23.2. The number of hydrogen-bond acceptors (Lipinski definition) is 6. The Hall–Kier alpha value is -4.60. The molecule has 0 saturated carbocycles. The van der Waals surface area contributed by atoms with Crippen LogP contribution in [0.2, 0.25) is 0 Å². The first-order valence-corrected chi connectivity index (χ1v) is 11.4. The summed E-state index contributed by atoms with van der Waals surface area (Å²) in [5, 5.41) is 11.0. The number of nitrogens with zero attached hydrogens (tertiary/aromatic N) is 3. The molecular formula is C26H22FN5O4. The summed E-state index contributed by atoms with van der Waals surface area (Å²) < 4.78 is 19.9.